The monoisotopic (exact) mass is 290 g/mol. The molecule has 0 aliphatic carbocycles. The van der Waals surface area contributed by atoms with Gasteiger partial charge in [0.15, 0.2) is 0 Å². The predicted molar refractivity (Wildman–Crippen MR) is 69.5 cm³/mol. The molecule has 1 heteroatoms. The Balaban J connectivity index is 0.000000223. The van der Waals surface area contributed by atoms with Gasteiger partial charge in [0.05, 0.1) is 0 Å². The topological polar surface area (TPSA) is 0 Å². The number of alkyl halides is 1. The summed E-state index contributed by atoms with van der Waals surface area (Å²) < 4.78 is 1.33. The number of hydrogen-bond donors (Lipinski definition) is 0. The fraction of sp³-hybridized carbons (Fsp3) is 0.500. The van der Waals surface area contributed by atoms with Gasteiger partial charge in [-0.05, 0) is 10.8 Å². The molecule has 0 fully saturated rings. The average molecular weight is 290 g/mol. The fourth-order valence-electron chi connectivity index (χ4n) is 0.906. The van der Waals surface area contributed by atoms with Crippen molar-refractivity contribution in [3.8, 4) is 0 Å². The summed E-state index contributed by atoms with van der Waals surface area (Å²) >= 11 is 2.43. The molecule has 0 N–H and O–H groups in total. The van der Waals surface area contributed by atoms with Gasteiger partial charge in [-0.2, -0.15) is 0 Å². The highest BCUT2D eigenvalue weighted by Gasteiger charge is 1.81. The predicted octanol–water partition coefficient (Wildman–Crippen LogP) is 4.69. The molecule has 0 aliphatic rings. The van der Waals surface area contributed by atoms with Gasteiger partial charge >= 0.3 is 0 Å². The van der Waals surface area contributed by atoms with Crippen LogP contribution < -0.4 is 0 Å². The molecule has 1 rings (SSSR count). The summed E-state index contributed by atoms with van der Waals surface area (Å²) in [5, 5.41) is 0. The van der Waals surface area contributed by atoms with E-state index in [9.17, 15) is 0 Å². The Morgan fingerprint density at radius 3 is 1.54 bits per heavy atom. The lowest BCUT2D eigenvalue weighted by molar-refractivity contribution is 0.710. The van der Waals surface area contributed by atoms with E-state index in [4.69, 9.17) is 0 Å². The van der Waals surface area contributed by atoms with Crippen molar-refractivity contribution >= 4 is 22.6 Å². The van der Waals surface area contributed by atoms with Crippen molar-refractivity contribution in [2.75, 3.05) is 4.43 Å². The highest BCUT2D eigenvalue weighted by molar-refractivity contribution is 14.1. The Kier molecular flexibility index (Phi) is 11.9. The molecule has 0 aromatic heterocycles. The molecule has 0 saturated heterocycles. The van der Waals surface area contributed by atoms with Crippen LogP contribution in [0.2, 0.25) is 0 Å². The molecule has 74 valence electrons. The summed E-state index contributed by atoms with van der Waals surface area (Å²) in [7, 11) is 0. The number of benzene rings is 1. The zero-order chi connectivity index (χ0) is 9.78. The minimum atomic E-state index is 1.33. The third kappa shape index (κ3) is 12.0. The lowest BCUT2D eigenvalue weighted by Gasteiger charge is -1.89. The Bertz CT molecular complexity index is 129. The van der Waals surface area contributed by atoms with E-state index in [1.807, 2.05) is 36.4 Å². The van der Waals surface area contributed by atoms with Gasteiger partial charge in [0.25, 0.3) is 0 Å². The third-order valence-corrected chi connectivity index (χ3v) is 2.42. The van der Waals surface area contributed by atoms with Gasteiger partial charge < -0.3 is 0 Å². The summed E-state index contributed by atoms with van der Waals surface area (Å²) in [4.78, 5) is 0. The summed E-state index contributed by atoms with van der Waals surface area (Å²) in [6.45, 7) is 2.24. The molecule has 0 aliphatic heterocycles. The van der Waals surface area contributed by atoms with E-state index in [1.165, 1.54) is 30.1 Å². The van der Waals surface area contributed by atoms with Crippen LogP contribution in [0.4, 0.5) is 0 Å². The first-order valence-corrected chi connectivity index (χ1v) is 6.50. The molecule has 13 heavy (non-hydrogen) atoms. The number of hydrogen-bond acceptors (Lipinski definition) is 0. The van der Waals surface area contributed by atoms with Crippen LogP contribution in [0, 0.1) is 0 Å². The molecule has 0 radical (unpaired) electrons. The van der Waals surface area contributed by atoms with E-state index in [2.05, 4.69) is 29.5 Å². The highest BCUT2D eigenvalue weighted by atomic mass is 127. The summed E-state index contributed by atoms with van der Waals surface area (Å²) in [5.74, 6) is 0. The Labute approximate surface area is 95.9 Å². The van der Waals surface area contributed by atoms with E-state index in [-0.39, 0.29) is 0 Å². The molecule has 0 nitrogen and oxygen atoms in total. The quantitative estimate of drug-likeness (QED) is 0.429. The molecule has 0 heterocycles. The molecular formula is C12H19I. The van der Waals surface area contributed by atoms with Crippen molar-refractivity contribution in [3.63, 3.8) is 0 Å². The van der Waals surface area contributed by atoms with Gasteiger partial charge in [-0.3, -0.25) is 0 Å². The van der Waals surface area contributed by atoms with E-state index in [0.717, 1.165) is 0 Å². The normalized spacial score (nSPS) is 8.77. The zero-order valence-corrected chi connectivity index (χ0v) is 10.5. The van der Waals surface area contributed by atoms with Crippen LogP contribution in [0.1, 0.15) is 32.6 Å². The number of rotatable bonds is 4. The third-order valence-electron chi connectivity index (χ3n) is 1.65. The van der Waals surface area contributed by atoms with Crippen molar-refractivity contribution in [1.29, 1.82) is 0 Å². The van der Waals surface area contributed by atoms with Crippen molar-refractivity contribution < 1.29 is 0 Å². The molecule has 1 aromatic carbocycles. The molecule has 1 aromatic rings. The van der Waals surface area contributed by atoms with Crippen LogP contribution in [0.5, 0.6) is 0 Å². The summed E-state index contributed by atoms with van der Waals surface area (Å²) in [5.41, 5.74) is 0. The van der Waals surface area contributed by atoms with Crippen LogP contribution in [-0.4, -0.2) is 4.43 Å². The first kappa shape index (κ1) is 12.9. The number of halogens is 1. The van der Waals surface area contributed by atoms with Crippen LogP contribution in [0.15, 0.2) is 36.4 Å². The Morgan fingerprint density at radius 2 is 1.23 bits per heavy atom. The van der Waals surface area contributed by atoms with Crippen molar-refractivity contribution in [3.05, 3.63) is 36.4 Å². The van der Waals surface area contributed by atoms with Gasteiger partial charge in [0.2, 0.25) is 0 Å². The first-order valence-electron chi connectivity index (χ1n) is 4.97. The second kappa shape index (κ2) is 11.9. The maximum absolute atomic E-state index is 2.43. The van der Waals surface area contributed by atoms with Gasteiger partial charge in [-0.1, -0.05) is 85.2 Å². The molecule has 0 atom stereocenters. The lowest BCUT2D eigenvalue weighted by atomic mass is 10.2. The van der Waals surface area contributed by atoms with Crippen molar-refractivity contribution in [2.45, 2.75) is 32.6 Å². The Hall–Kier alpha value is -0.0500. The molecule has 0 spiro atoms. The minimum absolute atomic E-state index is 1.33. The summed E-state index contributed by atoms with van der Waals surface area (Å²) in [6, 6.07) is 12.0. The van der Waals surface area contributed by atoms with E-state index < -0.39 is 0 Å². The minimum Gasteiger partial charge on any atom is -0.0864 e. The maximum atomic E-state index is 2.43. The standard InChI is InChI=1S/C6H13I.C6H6/c1-2-3-4-5-6-7;1-2-4-6-5-3-1/h2-6H2,1H3;1-6H. The van der Waals surface area contributed by atoms with Crippen molar-refractivity contribution in [1.82, 2.24) is 0 Å². The van der Waals surface area contributed by atoms with Crippen LogP contribution >= 0.6 is 22.6 Å². The lowest BCUT2D eigenvalue weighted by Crippen LogP contribution is -1.73. The smallest absolute Gasteiger partial charge is 0.000473 e. The molecule has 0 bridgehead atoms. The SMILES string of the molecule is CCCCCCI.c1ccccc1. The van der Waals surface area contributed by atoms with E-state index >= 15 is 0 Å². The maximum Gasteiger partial charge on any atom is -0.000473 e. The van der Waals surface area contributed by atoms with Gasteiger partial charge in [0, 0.05) is 0 Å². The van der Waals surface area contributed by atoms with Crippen LogP contribution in [0.3, 0.4) is 0 Å². The zero-order valence-electron chi connectivity index (χ0n) is 8.38. The summed E-state index contributed by atoms with van der Waals surface area (Å²) in [6.07, 6.45) is 5.62. The second-order valence-electron chi connectivity index (χ2n) is 2.90. The fourth-order valence-corrected chi connectivity index (χ4v) is 1.45. The molecule has 0 amide bonds. The molecule has 0 saturated carbocycles. The highest BCUT2D eigenvalue weighted by Crippen LogP contribution is 2.00. The average Bonchev–Trinajstić information content (AvgIpc) is 2.22. The van der Waals surface area contributed by atoms with Gasteiger partial charge in [-0.15, -0.1) is 0 Å². The van der Waals surface area contributed by atoms with Gasteiger partial charge in [-0.25, -0.2) is 0 Å². The largest absolute Gasteiger partial charge is 0.0864 e. The Morgan fingerprint density at radius 1 is 0.769 bits per heavy atom. The van der Waals surface area contributed by atoms with Crippen LogP contribution in [-0.2, 0) is 0 Å². The van der Waals surface area contributed by atoms with E-state index in [1.54, 1.807) is 0 Å². The van der Waals surface area contributed by atoms with Crippen molar-refractivity contribution in [2.24, 2.45) is 0 Å². The number of unbranched alkanes of at least 4 members (excludes halogenated alkanes) is 3. The second-order valence-corrected chi connectivity index (χ2v) is 3.98. The van der Waals surface area contributed by atoms with Gasteiger partial charge in [0.1, 0.15) is 0 Å². The first-order chi connectivity index (χ1) is 6.41. The molecular weight excluding hydrogens is 271 g/mol. The molecule has 0 unspecified atom stereocenters. The van der Waals surface area contributed by atoms with E-state index in [0.29, 0.717) is 0 Å². The van der Waals surface area contributed by atoms with Crippen LogP contribution in [0.25, 0.3) is 0 Å².